The Labute approximate surface area is 92.3 Å². The standard InChI is InChI=1S/C12H22N2O/c1-5-10(4)11-7-14-12(15-11)8-13-6-9(2)3/h7,9-10,13H,5-6,8H2,1-4H3. The first-order valence-electron chi connectivity index (χ1n) is 5.78. The van der Waals surface area contributed by atoms with E-state index in [1.165, 1.54) is 0 Å². The van der Waals surface area contributed by atoms with Gasteiger partial charge in [0.05, 0.1) is 12.7 Å². The maximum Gasteiger partial charge on any atom is 0.208 e. The highest BCUT2D eigenvalue weighted by Crippen LogP contribution is 2.18. The van der Waals surface area contributed by atoms with Gasteiger partial charge >= 0.3 is 0 Å². The van der Waals surface area contributed by atoms with E-state index in [0.29, 0.717) is 11.8 Å². The van der Waals surface area contributed by atoms with Crippen LogP contribution >= 0.6 is 0 Å². The van der Waals surface area contributed by atoms with Gasteiger partial charge in [0.25, 0.3) is 0 Å². The summed E-state index contributed by atoms with van der Waals surface area (Å²) in [6.45, 7) is 10.4. The van der Waals surface area contributed by atoms with Crippen molar-refractivity contribution in [1.82, 2.24) is 10.3 Å². The summed E-state index contributed by atoms with van der Waals surface area (Å²) in [4.78, 5) is 4.25. The van der Waals surface area contributed by atoms with Gasteiger partial charge < -0.3 is 9.73 Å². The molecule has 0 fully saturated rings. The van der Waals surface area contributed by atoms with Crippen molar-refractivity contribution in [2.75, 3.05) is 6.54 Å². The lowest BCUT2D eigenvalue weighted by Gasteiger charge is -2.05. The Balaban J connectivity index is 2.39. The molecule has 1 atom stereocenters. The van der Waals surface area contributed by atoms with Gasteiger partial charge in [0.2, 0.25) is 5.89 Å². The summed E-state index contributed by atoms with van der Waals surface area (Å²) in [7, 11) is 0. The van der Waals surface area contributed by atoms with Crippen LogP contribution in [0.5, 0.6) is 0 Å². The Hall–Kier alpha value is -0.830. The summed E-state index contributed by atoms with van der Waals surface area (Å²) in [5.74, 6) is 2.93. The Morgan fingerprint density at radius 2 is 2.13 bits per heavy atom. The maximum absolute atomic E-state index is 5.64. The minimum atomic E-state index is 0.469. The predicted octanol–water partition coefficient (Wildman–Crippen LogP) is 2.93. The summed E-state index contributed by atoms with van der Waals surface area (Å²) in [6, 6.07) is 0. The molecular weight excluding hydrogens is 188 g/mol. The number of oxazole rings is 1. The second-order valence-corrected chi connectivity index (χ2v) is 4.49. The summed E-state index contributed by atoms with van der Waals surface area (Å²) >= 11 is 0. The highest BCUT2D eigenvalue weighted by Gasteiger charge is 2.09. The fourth-order valence-electron chi connectivity index (χ4n) is 1.30. The second-order valence-electron chi connectivity index (χ2n) is 4.49. The van der Waals surface area contributed by atoms with Crippen molar-refractivity contribution < 1.29 is 4.42 Å². The molecule has 0 radical (unpaired) electrons. The highest BCUT2D eigenvalue weighted by molar-refractivity contribution is 4.99. The van der Waals surface area contributed by atoms with Gasteiger partial charge in [0.1, 0.15) is 5.76 Å². The topological polar surface area (TPSA) is 38.1 Å². The zero-order valence-electron chi connectivity index (χ0n) is 10.2. The summed E-state index contributed by atoms with van der Waals surface area (Å²) < 4.78 is 5.64. The second kappa shape index (κ2) is 5.91. The molecule has 0 saturated carbocycles. The third-order valence-corrected chi connectivity index (χ3v) is 2.50. The van der Waals surface area contributed by atoms with E-state index in [0.717, 1.165) is 31.2 Å². The van der Waals surface area contributed by atoms with Crippen LogP contribution in [0, 0.1) is 5.92 Å². The molecule has 1 aromatic heterocycles. The van der Waals surface area contributed by atoms with Gasteiger partial charge in [-0.15, -0.1) is 0 Å². The van der Waals surface area contributed by atoms with Gasteiger partial charge in [-0.2, -0.15) is 0 Å². The van der Waals surface area contributed by atoms with Crippen molar-refractivity contribution in [1.29, 1.82) is 0 Å². The summed E-state index contributed by atoms with van der Waals surface area (Å²) in [6.07, 6.45) is 2.94. The highest BCUT2D eigenvalue weighted by atomic mass is 16.4. The third kappa shape index (κ3) is 4.04. The largest absolute Gasteiger partial charge is 0.444 e. The van der Waals surface area contributed by atoms with Crippen molar-refractivity contribution >= 4 is 0 Å². The van der Waals surface area contributed by atoms with Gasteiger partial charge in [-0.3, -0.25) is 0 Å². The van der Waals surface area contributed by atoms with Gasteiger partial charge in [-0.1, -0.05) is 27.7 Å². The zero-order valence-corrected chi connectivity index (χ0v) is 10.2. The van der Waals surface area contributed by atoms with Crippen LogP contribution in [0.2, 0.25) is 0 Å². The van der Waals surface area contributed by atoms with Crippen LogP contribution in [0.4, 0.5) is 0 Å². The minimum Gasteiger partial charge on any atom is -0.444 e. The van der Waals surface area contributed by atoms with E-state index in [2.05, 4.69) is 38.0 Å². The van der Waals surface area contributed by atoms with E-state index in [1.807, 2.05) is 6.20 Å². The van der Waals surface area contributed by atoms with Crippen LogP contribution in [0.15, 0.2) is 10.6 Å². The molecule has 1 heterocycles. The molecule has 0 aliphatic carbocycles. The molecule has 1 rings (SSSR count). The van der Waals surface area contributed by atoms with E-state index in [4.69, 9.17) is 4.42 Å². The van der Waals surface area contributed by atoms with Gasteiger partial charge in [0, 0.05) is 5.92 Å². The molecule has 1 N–H and O–H groups in total. The molecule has 3 heteroatoms. The molecular formula is C12H22N2O. The smallest absolute Gasteiger partial charge is 0.208 e. The van der Waals surface area contributed by atoms with E-state index in [9.17, 15) is 0 Å². The molecule has 0 amide bonds. The van der Waals surface area contributed by atoms with Crippen molar-refractivity contribution in [3.63, 3.8) is 0 Å². The average Bonchev–Trinajstić information content (AvgIpc) is 2.65. The van der Waals surface area contributed by atoms with Crippen LogP contribution in [0.25, 0.3) is 0 Å². The molecule has 0 bridgehead atoms. The Morgan fingerprint density at radius 1 is 1.40 bits per heavy atom. The molecule has 3 nitrogen and oxygen atoms in total. The molecule has 1 aromatic rings. The third-order valence-electron chi connectivity index (χ3n) is 2.50. The molecule has 0 spiro atoms. The monoisotopic (exact) mass is 210 g/mol. The van der Waals surface area contributed by atoms with Crippen LogP contribution in [0.1, 0.15) is 51.7 Å². The van der Waals surface area contributed by atoms with E-state index in [-0.39, 0.29) is 0 Å². The van der Waals surface area contributed by atoms with E-state index in [1.54, 1.807) is 0 Å². The first-order chi connectivity index (χ1) is 7.13. The van der Waals surface area contributed by atoms with Crippen LogP contribution in [-0.4, -0.2) is 11.5 Å². The molecule has 86 valence electrons. The first kappa shape index (κ1) is 12.2. The van der Waals surface area contributed by atoms with Crippen molar-refractivity contribution in [2.24, 2.45) is 5.92 Å². The van der Waals surface area contributed by atoms with Crippen molar-refractivity contribution in [3.05, 3.63) is 17.8 Å². The molecule has 0 saturated heterocycles. The SMILES string of the molecule is CCC(C)c1cnc(CNCC(C)C)o1. The fourth-order valence-corrected chi connectivity index (χ4v) is 1.30. The molecule has 1 unspecified atom stereocenters. The summed E-state index contributed by atoms with van der Waals surface area (Å²) in [5.41, 5.74) is 0. The molecule has 0 aliphatic heterocycles. The number of hydrogen-bond acceptors (Lipinski definition) is 3. The van der Waals surface area contributed by atoms with Crippen LogP contribution in [0.3, 0.4) is 0 Å². The maximum atomic E-state index is 5.64. The number of nitrogens with one attached hydrogen (secondary N) is 1. The number of nitrogens with zero attached hydrogens (tertiary/aromatic N) is 1. The average molecular weight is 210 g/mol. The minimum absolute atomic E-state index is 0.469. The normalized spacial score (nSPS) is 13.4. The number of hydrogen-bond donors (Lipinski definition) is 1. The number of rotatable bonds is 6. The van der Waals surface area contributed by atoms with Crippen LogP contribution in [-0.2, 0) is 6.54 Å². The van der Waals surface area contributed by atoms with Crippen molar-refractivity contribution in [2.45, 2.75) is 46.6 Å². The lowest BCUT2D eigenvalue weighted by Crippen LogP contribution is -2.19. The van der Waals surface area contributed by atoms with Gasteiger partial charge in [0.15, 0.2) is 0 Å². The van der Waals surface area contributed by atoms with Gasteiger partial charge in [-0.05, 0) is 18.9 Å². The van der Waals surface area contributed by atoms with Crippen LogP contribution < -0.4 is 5.32 Å². The van der Waals surface area contributed by atoms with Gasteiger partial charge in [-0.25, -0.2) is 4.98 Å². The quantitative estimate of drug-likeness (QED) is 0.784. The van der Waals surface area contributed by atoms with E-state index >= 15 is 0 Å². The Morgan fingerprint density at radius 3 is 2.73 bits per heavy atom. The predicted molar refractivity (Wildman–Crippen MR) is 61.8 cm³/mol. The molecule has 15 heavy (non-hydrogen) atoms. The van der Waals surface area contributed by atoms with Crippen molar-refractivity contribution in [3.8, 4) is 0 Å². The lowest BCUT2D eigenvalue weighted by molar-refractivity contribution is 0.407. The zero-order chi connectivity index (χ0) is 11.3. The lowest BCUT2D eigenvalue weighted by atomic mass is 10.1. The molecule has 0 aliphatic rings. The van der Waals surface area contributed by atoms with E-state index < -0.39 is 0 Å². The Kier molecular flexibility index (Phi) is 4.82. The fraction of sp³-hybridized carbons (Fsp3) is 0.750. The number of aromatic nitrogens is 1. The first-order valence-corrected chi connectivity index (χ1v) is 5.78. The Bertz CT molecular complexity index is 281. The summed E-state index contributed by atoms with van der Waals surface area (Å²) in [5, 5.41) is 3.32. The molecule has 0 aromatic carbocycles.